The minimum Gasteiger partial charge on any atom is -0.385 e. The molecule has 1 aliphatic rings. The van der Waals surface area contributed by atoms with Crippen molar-refractivity contribution in [3.8, 4) is 0 Å². The molecule has 0 aliphatic heterocycles. The van der Waals surface area contributed by atoms with Crippen LogP contribution in [-0.2, 0) is 5.60 Å². The number of hydrogen-bond acceptors (Lipinski definition) is 1. The molecule has 2 rings (SSSR count). The summed E-state index contributed by atoms with van der Waals surface area (Å²) in [4.78, 5) is 0. The van der Waals surface area contributed by atoms with Gasteiger partial charge in [0, 0.05) is 0 Å². The molecule has 88 valence electrons. The number of rotatable bonds is 2. The summed E-state index contributed by atoms with van der Waals surface area (Å²) < 4.78 is 13.4. The van der Waals surface area contributed by atoms with Crippen LogP contribution >= 0.6 is 0 Å². The average Bonchev–Trinajstić information content (AvgIpc) is 2.59. The SMILES string of the molecule is CCC1CCCC1(O)c1cc(C)cc(F)c1. The molecule has 0 radical (unpaired) electrons. The lowest BCUT2D eigenvalue weighted by molar-refractivity contribution is -0.00418. The van der Waals surface area contributed by atoms with E-state index < -0.39 is 5.60 Å². The van der Waals surface area contributed by atoms with Crippen molar-refractivity contribution >= 4 is 0 Å². The maximum Gasteiger partial charge on any atom is 0.123 e. The number of benzene rings is 1. The van der Waals surface area contributed by atoms with E-state index in [0.717, 1.165) is 36.8 Å². The Morgan fingerprint density at radius 3 is 2.81 bits per heavy atom. The van der Waals surface area contributed by atoms with E-state index in [0.29, 0.717) is 0 Å². The summed E-state index contributed by atoms with van der Waals surface area (Å²) in [6.07, 6.45) is 3.79. The van der Waals surface area contributed by atoms with E-state index in [1.165, 1.54) is 12.1 Å². The number of aliphatic hydroxyl groups is 1. The molecule has 0 saturated heterocycles. The molecule has 1 nitrogen and oxygen atoms in total. The van der Waals surface area contributed by atoms with Crippen LogP contribution in [0.25, 0.3) is 0 Å². The molecule has 0 amide bonds. The molecular weight excluding hydrogens is 203 g/mol. The molecule has 1 saturated carbocycles. The van der Waals surface area contributed by atoms with Crippen molar-refractivity contribution in [1.82, 2.24) is 0 Å². The van der Waals surface area contributed by atoms with Gasteiger partial charge < -0.3 is 5.11 Å². The second-order valence-electron chi connectivity index (χ2n) is 4.94. The largest absolute Gasteiger partial charge is 0.385 e. The van der Waals surface area contributed by atoms with Gasteiger partial charge in [0.05, 0.1) is 5.60 Å². The van der Waals surface area contributed by atoms with Crippen LogP contribution in [0.3, 0.4) is 0 Å². The smallest absolute Gasteiger partial charge is 0.123 e. The summed E-state index contributed by atoms with van der Waals surface area (Å²) in [5, 5.41) is 10.7. The first-order valence-electron chi connectivity index (χ1n) is 6.06. The molecule has 1 fully saturated rings. The van der Waals surface area contributed by atoms with E-state index in [2.05, 4.69) is 6.92 Å². The quantitative estimate of drug-likeness (QED) is 0.811. The van der Waals surface area contributed by atoms with Gasteiger partial charge in [-0.1, -0.05) is 19.4 Å². The average molecular weight is 222 g/mol. The maximum absolute atomic E-state index is 13.4. The lowest BCUT2D eigenvalue weighted by Crippen LogP contribution is -2.30. The predicted octanol–water partition coefficient (Wildman–Crippen LogP) is 3.53. The highest BCUT2D eigenvalue weighted by molar-refractivity contribution is 5.30. The zero-order chi connectivity index (χ0) is 11.8. The van der Waals surface area contributed by atoms with E-state index in [4.69, 9.17) is 0 Å². The Morgan fingerprint density at radius 2 is 2.19 bits per heavy atom. The van der Waals surface area contributed by atoms with Crippen molar-refractivity contribution in [3.05, 3.63) is 35.1 Å². The summed E-state index contributed by atoms with van der Waals surface area (Å²) in [5.74, 6) is 0.0267. The van der Waals surface area contributed by atoms with E-state index in [-0.39, 0.29) is 11.7 Å². The Hall–Kier alpha value is -0.890. The lowest BCUT2D eigenvalue weighted by Gasteiger charge is -2.30. The highest BCUT2D eigenvalue weighted by Gasteiger charge is 2.41. The van der Waals surface area contributed by atoms with Crippen molar-refractivity contribution in [3.63, 3.8) is 0 Å². The van der Waals surface area contributed by atoms with Gasteiger partial charge >= 0.3 is 0 Å². The first-order chi connectivity index (χ1) is 7.56. The van der Waals surface area contributed by atoms with Gasteiger partial charge in [0.2, 0.25) is 0 Å². The van der Waals surface area contributed by atoms with Crippen LogP contribution < -0.4 is 0 Å². The zero-order valence-corrected chi connectivity index (χ0v) is 9.96. The van der Waals surface area contributed by atoms with Crippen LogP contribution in [0.4, 0.5) is 4.39 Å². The molecule has 1 aromatic carbocycles. The summed E-state index contributed by atoms with van der Waals surface area (Å²) in [6.45, 7) is 3.96. The second-order valence-corrected chi connectivity index (χ2v) is 4.94. The van der Waals surface area contributed by atoms with Crippen LogP contribution in [0.5, 0.6) is 0 Å². The van der Waals surface area contributed by atoms with Gasteiger partial charge in [-0.05, 0) is 55.4 Å². The van der Waals surface area contributed by atoms with E-state index in [9.17, 15) is 9.50 Å². The van der Waals surface area contributed by atoms with Crippen LogP contribution in [-0.4, -0.2) is 5.11 Å². The number of aryl methyl sites for hydroxylation is 1. The third-order valence-corrected chi connectivity index (χ3v) is 3.82. The number of halogens is 1. The monoisotopic (exact) mass is 222 g/mol. The fraction of sp³-hybridized carbons (Fsp3) is 0.571. The van der Waals surface area contributed by atoms with Gasteiger partial charge in [0.25, 0.3) is 0 Å². The Morgan fingerprint density at radius 1 is 1.44 bits per heavy atom. The molecule has 1 N–H and O–H groups in total. The van der Waals surface area contributed by atoms with Crippen LogP contribution in [0.15, 0.2) is 18.2 Å². The molecule has 0 bridgehead atoms. The Kier molecular flexibility index (Phi) is 3.02. The molecule has 1 aliphatic carbocycles. The fourth-order valence-electron chi connectivity index (χ4n) is 2.97. The molecule has 16 heavy (non-hydrogen) atoms. The van der Waals surface area contributed by atoms with E-state index >= 15 is 0 Å². The second kappa shape index (κ2) is 4.17. The summed E-state index contributed by atoms with van der Waals surface area (Å²) in [5.41, 5.74) is 0.834. The maximum atomic E-state index is 13.4. The summed E-state index contributed by atoms with van der Waals surface area (Å²) in [7, 11) is 0. The normalized spacial score (nSPS) is 29.6. The summed E-state index contributed by atoms with van der Waals surface area (Å²) >= 11 is 0. The molecular formula is C14H19FO. The topological polar surface area (TPSA) is 20.2 Å². The molecule has 2 unspecified atom stereocenters. The van der Waals surface area contributed by atoms with Crippen molar-refractivity contribution in [2.45, 2.75) is 45.1 Å². The van der Waals surface area contributed by atoms with Gasteiger partial charge in [-0.25, -0.2) is 4.39 Å². The third-order valence-electron chi connectivity index (χ3n) is 3.82. The predicted molar refractivity (Wildman–Crippen MR) is 62.7 cm³/mol. The lowest BCUT2D eigenvalue weighted by atomic mass is 9.82. The molecule has 2 atom stereocenters. The Balaban J connectivity index is 2.41. The van der Waals surface area contributed by atoms with E-state index in [1.807, 2.05) is 13.0 Å². The van der Waals surface area contributed by atoms with Gasteiger partial charge in [0.1, 0.15) is 5.82 Å². The molecule has 0 heterocycles. The standard InChI is InChI=1S/C14H19FO/c1-3-11-5-4-6-14(11,16)12-7-10(2)8-13(15)9-12/h7-9,11,16H,3-6H2,1-2H3. The zero-order valence-electron chi connectivity index (χ0n) is 9.96. The highest BCUT2D eigenvalue weighted by Crippen LogP contribution is 2.45. The van der Waals surface area contributed by atoms with Crippen LogP contribution in [0, 0.1) is 18.7 Å². The molecule has 0 aromatic heterocycles. The van der Waals surface area contributed by atoms with Crippen molar-refractivity contribution in [2.75, 3.05) is 0 Å². The third kappa shape index (κ3) is 1.86. The minimum atomic E-state index is -0.804. The minimum absolute atomic E-state index is 0.245. The van der Waals surface area contributed by atoms with Crippen LogP contribution in [0.1, 0.15) is 43.7 Å². The first kappa shape index (κ1) is 11.6. The Bertz CT molecular complexity index is 368. The van der Waals surface area contributed by atoms with Crippen LogP contribution in [0.2, 0.25) is 0 Å². The molecule has 1 aromatic rings. The molecule has 2 heteroatoms. The van der Waals surface area contributed by atoms with Crippen molar-refractivity contribution in [1.29, 1.82) is 0 Å². The van der Waals surface area contributed by atoms with Gasteiger partial charge in [0.15, 0.2) is 0 Å². The molecule has 0 spiro atoms. The first-order valence-corrected chi connectivity index (χ1v) is 6.06. The fourth-order valence-corrected chi connectivity index (χ4v) is 2.97. The van der Waals surface area contributed by atoms with Crippen molar-refractivity contribution in [2.24, 2.45) is 5.92 Å². The van der Waals surface area contributed by atoms with Gasteiger partial charge in [-0.2, -0.15) is 0 Å². The van der Waals surface area contributed by atoms with E-state index in [1.54, 1.807) is 0 Å². The number of hydrogen-bond donors (Lipinski definition) is 1. The highest BCUT2D eigenvalue weighted by atomic mass is 19.1. The Labute approximate surface area is 96.3 Å². The van der Waals surface area contributed by atoms with Gasteiger partial charge in [-0.15, -0.1) is 0 Å². The van der Waals surface area contributed by atoms with Gasteiger partial charge in [-0.3, -0.25) is 0 Å². The van der Waals surface area contributed by atoms with Crippen molar-refractivity contribution < 1.29 is 9.50 Å². The summed E-state index contributed by atoms with van der Waals surface area (Å²) in [6, 6.07) is 4.90.